The van der Waals surface area contributed by atoms with E-state index in [1.807, 2.05) is 20.8 Å². The second-order valence-electron chi connectivity index (χ2n) is 8.73. The van der Waals surface area contributed by atoms with Crippen molar-refractivity contribution in [3.63, 3.8) is 0 Å². The van der Waals surface area contributed by atoms with Crippen LogP contribution in [0.2, 0.25) is 0 Å². The van der Waals surface area contributed by atoms with Crippen molar-refractivity contribution in [1.29, 1.82) is 0 Å². The molecule has 1 amide bonds. The van der Waals surface area contributed by atoms with Crippen molar-refractivity contribution in [2.24, 2.45) is 11.3 Å². The van der Waals surface area contributed by atoms with Gasteiger partial charge in [0.2, 0.25) is 0 Å². The van der Waals surface area contributed by atoms with Crippen molar-refractivity contribution in [3.05, 3.63) is 0 Å². The fourth-order valence-corrected chi connectivity index (χ4v) is 5.94. The number of hydrogen-bond acceptors (Lipinski definition) is 4. The van der Waals surface area contributed by atoms with Gasteiger partial charge < -0.3 is 9.64 Å². The van der Waals surface area contributed by atoms with Crippen LogP contribution in [0.4, 0.5) is 4.79 Å². The molecule has 1 heterocycles. The molecule has 0 aromatic carbocycles. The third kappa shape index (κ3) is 5.36. The van der Waals surface area contributed by atoms with Gasteiger partial charge in [-0.3, -0.25) is 0 Å². The first-order valence-electron chi connectivity index (χ1n) is 9.16. The van der Waals surface area contributed by atoms with Gasteiger partial charge in [0.15, 0.2) is 0 Å². The van der Waals surface area contributed by atoms with Crippen LogP contribution in [-0.4, -0.2) is 50.1 Å². The van der Waals surface area contributed by atoms with E-state index in [0.717, 1.165) is 25.7 Å². The van der Waals surface area contributed by atoms with Crippen LogP contribution in [0, 0.1) is 11.3 Å². The molecule has 0 spiro atoms. The molecule has 0 aromatic rings. The van der Waals surface area contributed by atoms with Crippen molar-refractivity contribution in [1.82, 2.24) is 4.90 Å². The molecule has 0 atom stereocenters. The fourth-order valence-electron chi connectivity index (χ4n) is 4.37. The molecular formula is C18H33NO4S. The maximum absolute atomic E-state index is 12.3. The van der Waals surface area contributed by atoms with Crippen molar-refractivity contribution >= 4 is 15.9 Å². The number of carbonyl (C=O) groups excluding carboxylic acids is 1. The van der Waals surface area contributed by atoms with Crippen LogP contribution in [0.15, 0.2) is 0 Å². The highest BCUT2D eigenvalue weighted by atomic mass is 32.2. The maximum atomic E-state index is 12.3. The largest absolute Gasteiger partial charge is 0.444 e. The molecule has 1 aliphatic carbocycles. The second-order valence-corrected chi connectivity index (χ2v) is 10.9. The first-order valence-corrected chi connectivity index (χ1v) is 11.2. The normalized spacial score (nSPS) is 23.1. The van der Waals surface area contributed by atoms with E-state index in [4.69, 9.17) is 4.74 Å². The van der Waals surface area contributed by atoms with E-state index in [2.05, 4.69) is 0 Å². The van der Waals surface area contributed by atoms with Crippen LogP contribution in [0.25, 0.3) is 0 Å². The molecule has 0 aromatic heterocycles. The topological polar surface area (TPSA) is 63.7 Å². The molecule has 24 heavy (non-hydrogen) atoms. The van der Waals surface area contributed by atoms with Crippen LogP contribution in [0.1, 0.15) is 65.7 Å². The average Bonchev–Trinajstić information content (AvgIpc) is 2.45. The van der Waals surface area contributed by atoms with E-state index in [0.29, 0.717) is 19.0 Å². The van der Waals surface area contributed by atoms with Crippen molar-refractivity contribution < 1.29 is 17.9 Å². The summed E-state index contributed by atoms with van der Waals surface area (Å²) in [5.41, 5.74) is -0.658. The molecule has 0 radical (unpaired) electrons. The summed E-state index contributed by atoms with van der Waals surface area (Å²) in [5, 5.41) is 0. The third-order valence-corrected chi connectivity index (χ3v) is 6.53. The van der Waals surface area contributed by atoms with Crippen LogP contribution in [0.5, 0.6) is 0 Å². The number of hydrogen-bond donors (Lipinski definition) is 0. The smallest absolute Gasteiger partial charge is 0.410 e. The van der Waals surface area contributed by atoms with Gasteiger partial charge in [-0.25, -0.2) is 13.2 Å². The minimum Gasteiger partial charge on any atom is -0.444 e. The number of carbonyl (C=O) groups is 1. The summed E-state index contributed by atoms with van der Waals surface area (Å²) >= 11 is 0. The zero-order valence-electron chi connectivity index (χ0n) is 15.6. The van der Waals surface area contributed by atoms with Gasteiger partial charge in [-0.1, -0.05) is 19.3 Å². The maximum Gasteiger partial charge on any atom is 0.410 e. The molecule has 2 rings (SSSR count). The Hall–Kier alpha value is -0.780. The van der Waals surface area contributed by atoms with E-state index < -0.39 is 15.4 Å². The van der Waals surface area contributed by atoms with Crippen molar-refractivity contribution in [3.8, 4) is 0 Å². The molecule has 1 aliphatic heterocycles. The minimum atomic E-state index is -3.03. The van der Waals surface area contributed by atoms with E-state index in [-0.39, 0.29) is 17.3 Å². The Balaban J connectivity index is 2.07. The first-order chi connectivity index (χ1) is 11.0. The number of ether oxygens (including phenoxy) is 1. The average molecular weight is 360 g/mol. The highest BCUT2D eigenvalue weighted by molar-refractivity contribution is 7.90. The lowest BCUT2D eigenvalue weighted by atomic mass is 9.65. The number of amides is 1. The first kappa shape index (κ1) is 19.5. The molecule has 0 unspecified atom stereocenters. The molecule has 1 saturated heterocycles. The summed E-state index contributed by atoms with van der Waals surface area (Å²) in [6.07, 6.45) is 8.52. The van der Waals surface area contributed by atoms with Gasteiger partial charge in [0.25, 0.3) is 0 Å². The van der Waals surface area contributed by atoms with Gasteiger partial charge in [0.1, 0.15) is 15.4 Å². The predicted octanol–water partition coefficient (Wildman–Crippen LogP) is 3.63. The Labute approximate surface area is 147 Å². The fraction of sp³-hybridized carbons (Fsp3) is 0.944. The van der Waals surface area contributed by atoms with Crippen LogP contribution in [-0.2, 0) is 14.6 Å². The molecule has 2 fully saturated rings. The quantitative estimate of drug-likeness (QED) is 0.772. The molecule has 6 heteroatoms. The molecule has 2 aliphatic rings. The van der Waals surface area contributed by atoms with Crippen molar-refractivity contribution in [2.45, 2.75) is 71.3 Å². The zero-order chi connectivity index (χ0) is 18.0. The lowest BCUT2D eigenvalue weighted by molar-refractivity contribution is 0.000402. The molecule has 0 N–H and O–H groups in total. The third-order valence-electron chi connectivity index (χ3n) is 5.43. The van der Waals surface area contributed by atoms with Gasteiger partial charge >= 0.3 is 6.09 Å². The number of piperidine rings is 1. The number of sulfone groups is 1. The van der Waals surface area contributed by atoms with E-state index in [9.17, 15) is 13.2 Å². The lowest BCUT2D eigenvalue weighted by Gasteiger charge is -2.47. The van der Waals surface area contributed by atoms with Gasteiger partial charge in [0.05, 0.1) is 5.75 Å². The highest BCUT2D eigenvalue weighted by Gasteiger charge is 2.44. The molecule has 0 bridgehead atoms. The zero-order valence-corrected chi connectivity index (χ0v) is 16.5. The Kier molecular flexibility index (Phi) is 5.88. The summed E-state index contributed by atoms with van der Waals surface area (Å²) < 4.78 is 29.6. The Morgan fingerprint density at radius 3 is 2.12 bits per heavy atom. The Morgan fingerprint density at radius 2 is 1.67 bits per heavy atom. The molecular weight excluding hydrogens is 326 g/mol. The van der Waals surface area contributed by atoms with E-state index in [1.165, 1.54) is 25.5 Å². The molecule has 1 saturated carbocycles. The van der Waals surface area contributed by atoms with E-state index in [1.54, 1.807) is 4.90 Å². The minimum absolute atomic E-state index is 0.160. The summed E-state index contributed by atoms with van der Waals surface area (Å²) in [5.74, 6) is 0.731. The van der Waals surface area contributed by atoms with Crippen LogP contribution in [0.3, 0.4) is 0 Å². The second kappa shape index (κ2) is 7.22. The standard InChI is InChI=1S/C18H33NO4S/c1-17(2,3)23-16(20)19-12-10-18(11-13-19,14-24(4,21)22)15-8-6-5-7-9-15/h15H,5-14H2,1-4H3. The van der Waals surface area contributed by atoms with E-state index >= 15 is 0 Å². The lowest BCUT2D eigenvalue weighted by Crippen LogP contribution is -2.50. The summed E-state index contributed by atoms with van der Waals surface area (Å²) in [6.45, 7) is 6.79. The Morgan fingerprint density at radius 1 is 1.12 bits per heavy atom. The van der Waals surface area contributed by atoms with Crippen molar-refractivity contribution in [2.75, 3.05) is 25.1 Å². The summed E-state index contributed by atoms with van der Waals surface area (Å²) in [6, 6.07) is 0. The predicted molar refractivity (Wildman–Crippen MR) is 95.8 cm³/mol. The van der Waals surface area contributed by atoms with Gasteiger partial charge in [-0.15, -0.1) is 0 Å². The monoisotopic (exact) mass is 359 g/mol. The summed E-state index contributed by atoms with van der Waals surface area (Å²) in [7, 11) is -3.03. The van der Waals surface area contributed by atoms with Crippen LogP contribution < -0.4 is 0 Å². The van der Waals surface area contributed by atoms with Gasteiger partial charge in [-0.2, -0.15) is 0 Å². The molecule has 5 nitrogen and oxygen atoms in total. The number of nitrogens with zero attached hydrogens (tertiary/aromatic N) is 1. The SMILES string of the molecule is CC(C)(C)OC(=O)N1CCC(CS(C)(=O)=O)(C2CCCCC2)CC1. The number of likely N-dealkylation sites (tertiary alicyclic amines) is 1. The molecule has 140 valence electrons. The number of rotatable bonds is 3. The highest BCUT2D eigenvalue weighted by Crippen LogP contribution is 2.46. The van der Waals surface area contributed by atoms with Gasteiger partial charge in [0, 0.05) is 19.3 Å². The van der Waals surface area contributed by atoms with Crippen LogP contribution >= 0.6 is 0 Å². The Bertz CT molecular complexity index is 536. The summed E-state index contributed by atoms with van der Waals surface area (Å²) in [4.78, 5) is 14.0. The van der Waals surface area contributed by atoms with Gasteiger partial charge in [-0.05, 0) is 57.8 Å².